The molecular weight excluding hydrogens is 340 g/mol. The fraction of sp³-hybridized carbons (Fsp3) is 0.538. The molecule has 2 heteroatoms. The minimum atomic E-state index is 0.136. The Morgan fingerprint density at radius 3 is 2.50 bits per heavy atom. The molecule has 0 fully saturated rings. The summed E-state index contributed by atoms with van der Waals surface area (Å²) >= 11 is 0. The molecule has 0 N–H and O–H groups in total. The summed E-state index contributed by atoms with van der Waals surface area (Å²) in [7, 11) is 0. The van der Waals surface area contributed by atoms with Crippen molar-refractivity contribution >= 4 is 11.4 Å². The number of hydrogen-bond donors (Lipinski definition) is 0. The first-order chi connectivity index (χ1) is 13.3. The number of quaternary nitrogens is 1. The van der Waals surface area contributed by atoms with Gasteiger partial charge in [-0.15, -0.1) is 0 Å². The van der Waals surface area contributed by atoms with Crippen LogP contribution in [0.2, 0.25) is 0 Å². The molecule has 2 aromatic rings. The predicted molar refractivity (Wildman–Crippen MR) is 122 cm³/mol. The van der Waals surface area contributed by atoms with E-state index in [-0.39, 0.29) is 5.54 Å². The molecule has 0 spiro atoms. The zero-order valence-electron chi connectivity index (χ0n) is 18.6. The summed E-state index contributed by atoms with van der Waals surface area (Å²) < 4.78 is 1.15. The number of fused-ring (bicyclic) bond motifs is 2. The third-order valence-electron chi connectivity index (χ3n) is 7.35. The van der Waals surface area contributed by atoms with Gasteiger partial charge >= 0.3 is 0 Å². The van der Waals surface area contributed by atoms with E-state index in [1.165, 1.54) is 36.3 Å². The zero-order chi connectivity index (χ0) is 20.1. The normalized spacial score (nSPS) is 24.4. The van der Waals surface area contributed by atoms with Crippen LogP contribution in [0, 0.1) is 0 Å². The Labute approximate surface area is 171 Å². The molecule has 0 amide bonds. The Hall–Kier alpha value is -1.80. The highest BCUT2D eigenvalue weighted by Gasteiger charge is 2.40. The summed E-state index contributed by atoms with van der Waals surface area (Å²) in [6.07, 6.45) is 2.38. The maximum absolute atomic E-state index is 2.62. The SMILES string of the molecule is CC[N+]1(C(C)C)CCc2cc(C3Cc4ccccc4N(C(C)(C)C)C3)ccc21. The van der Waals surface area contributed by atoms with Crippen molar-refractivity contribution in [2.75, 3.05) is 24.5 Å². The highest BCUT2D eigenvalue weighted by molar-refractivity contribution is 5.61. The van der Waals surface area contributed by atoms with Gasteiger partial charge in [0.1, 0.15) is 5.69 Å². The van der Waals surface area contributed by atoms with Crippen LogP contribution in [-0.2, 0) is 12.8 Å². The van der Waals surface area contributed by atoms with E-state index in [4.69, 9.17) is 0 Å². The first-order valence-electron chi connectivity index (χ1n) is 11.1. The van der Waals surface area contributed by atoms with Crippen LogP contribution >= 0.6 is 0 Å². The minimum Gasteiger partial charge on any atom is -0.366 e. The van der Waals surface area contributed by atoms with Crippen LogP contribution in [-0.4, -0.2) is 31.2 Å². The molecule has 0 saturated carbocycles. The highest BCUT2D eigenvalue weighted by Crippen LogP contribution is 2.42. The quantitative estimate of drug-likeness (QED) is 0.600. The molecule has 0 aromatic heterocycles. The summed E-state index contributed by atoms with van der Waals surface area (Å²) in [5, 5.41) is 0. The summed E-state index contributed by atoms with van der Waals surface area (Å²) in [4.78, 5) is 2.62. The van der Waals surface area contributed by atoms with Crippen molar-refractivity contribution in [3.05, 3.63) is 59.2 Å². The van der Waals surface area contributed by atoms with Crippen LogP contribution in [0.1, 0.15) is 64.2 Å². The Morgan fingerprint density at radius 1 is 1.07 bits per heavy atom. The van der Waals surface area contributed by atoms with E-state index in [2.05, 4.69) is 88.9 Å². The van der Waals surface area contributed by atoms with E-state index < -0.39 is 0 Å². The van der Waals surface area contributed by atoms with Gasteiger partial charge in [0, 0.05) is 35.7 Å². The first-order valence-corrected chi connectivity index (χ1v) is 11.1. The molecule has 28 heavy (non-hydrogen) atoms. The van der Waals surface area contributed by atoms with E-state index >= 15 is 0 Å². The molecule has 0 radical (unpaired) electrons. The number of para-hydroxylation sites is 1. The fourth-order valence-electron chi connectivity index (χ4n) is 5.62. The van der Waals surface area contributed by atoms with Crippen molar-refractivity contribution in [3.63, 3.8) is 0 Å². The molecule has 2 aliphatic rings. The second-order valence-corrected chi connectivity index (χ2v) is 10.1. The zero-order valence-corrected chi connectivity index (χ0v) is 18.6. The van der Waals surface area contributed by atoms with Gasteiger partial charge < -0.3 is 4.90 Å². The van der Waals surface area contributed by atoms with Crippen molar-refractivity contribution in [2.24, 2.45) is 0 Å². The van der Waals surface area contributed by atoms with Crippen LogP contribution in [0.4, 0.5) is 11.4 Å². The molecule has 0 aliphatic carbocycles. The second-order valence-electron chi connectivity index (χ2n) is 10.1. The highest BCUT2D eigenvalue weighted by atomic mass is 15.4. The Bertz CT molecular complexity index is 861. The standard InChI is InChI=1S/C26H37N2/c1-7-28(19(2)3)15-14-22-16-20(12-13-25(22)28)23-17-21-10-8-9-11-24(21)27(18-23)26(4,5)6/h8-13,16,19,23H,7,14-15,17-18H2,1-6H3/q+1. The smallest absolute Gasteiger partial charge is 0.136 e. The summed E-state index contributed by atoms with van der Waals surface area (Å²) in [6.45, 7) is 17.7. The molecule has 4 rings (SSSR count). The molecule has 2 nitrogen and oxygen atoms in total. The molecule has 2 aromatic carbocycles. The van der Waals surface area contributed by atoms with Gasteiger partial charge in [0.2, 0.25) is 0 Å². The summed E-state index contributed by atoms with van der Waals surface area (Å²) in [5.41, 5.74) is 7.75. The predicted octanol–water partition coefficient (Wildman–Crippen LogP) is 5.92. The lowest BCUT2D eigenvalue weighted by Gasteiger charge is -2.44. The van der Waals surface area contributed by atoms with Crippen molar-refractivity contribution in [2.45, 2.75) is 71.9 Å². The molecule has 2 unspecified atom stereocenters. The number of nitrogens with zero attached hydrogens (tertiary/aromatic N) is 2. The average molecular weight is 378 g/mol. The van der Waals surface area contributed by atoms with E-state index in [9.17, 15) is 0 Å². The van der Waals surface area contributed by atoms with Gasteiger partial charge in [-0.2, -0.15) is 0 Å². The number of anilines is 1. The lowest BCUT2D eigenvalue weighted by molar-refractivity contribution is 0.254. The van der Waals surface area contributed by atoms with Gasteiger partial charge in [0.15, 0.2) is 0 Å². The van der Waals surface area contributed by atoms with Gasteiger partial charge in [-0.05, 0) is 77.3 Å². The summed E-state index contributed by atoms with van der Waals surface area (Å²) in [5.74, 6) is 0.572. The molecule has 150 valence electrons. The van der Waals surface area contributed by atoms with E-state index in [1.807, 2.05) is 0 Å². The van der Waals surface area contributed by atoms with Gasteiger partial charge in [-0.25, -0.2) is 0 Å². The van der Waals surface area contributed by atoms with Crippen LogP contribution in [0.25, 0.3) is 0 Å². The molecular formula is C26H37N2+. The number of hydrogen-bond acceptors (Lipinski definition) is 1. The van der Waals surface area contributed by atoms with Crippen molar-refractivity contribution < 1.29 is 0 Å². The van der Waals surface area contributed by atoms with Crippen LogP contribution < -0.4 is 9.38 Å². The second kappa shape index (κ2) is 6.91. The third kappa shape index (κ3) is 3.06. The molecule has 0 saturated heterocycles. The largest absolute Gasteiger partial charge is 0.366 e. The number of rotatable bonds is 3. The maximum Gasteiger partial charge on any atom is 0.136 e. The Morgan fingerprint density at radius 2 is 1.82 bits per heavy atom. The molecule has 2 heterocycles. The molecule has 0 bridgehead atoms. The van der Waals surface area contributed by atoms with Gasteiger partial charge in [0.25, 0.3) is 0 Å². The fourth-order valence-corrected chi connectivity index (χ4v) is 5.62. The van der Waals surface area contributed by atoms with Crippen molar-refractivity contribution in [1.29, 1.82) is 0 Å². The van der Waals surface area contributed by atoms with Crippen LogP contribution in [0.5, 0.6) is 0 Å². The average Bonchev–Trinajstić information content (AvgIpc) is 3.05. The van der Waals surface area contributed by atoms with Gasteiger partial charge in [0.05, 0.1) is 19.1 Å². The topological polar surface area (TPSA) is 3.24 Å². The third-order valence-corrected chi connectivity index (χ3v) is 7.35. The minimum absolute atomic E-state index is 0.136. The number of likely N-dealkylation sites (N-methyl/N-ethyl adjacent to an activating group) is 1. The lowest BCUT2D eigenvalue weighted by Crippen LogP contribution is -2.52. The molecule has 2 aliphatic heterocycles. The van der Waals surface area contributed by atoms with E-state index in [1.54, 1.807) is 11.3 Å². The summed E-state index contributed by atoms with van der Waals surface area (Å²) in [6, 6.07) is 17.1. The first kappa shape index (κ1) is 19.5. The Kier molecular flexibility index (Phi) is 4.82. The van der Waals surface area contributed by atoms with E-state index in [0.717, 1.165) is 17.4 Å². The van der Waals surface area contributed by atoms with Crippen LogP contribution in [0.15, 0.2) is 42.5 Å². The van der Waals surface area contributed by atoms with E-state index in [0.29, 0.717) is 12.0 Å². The maximum atomic E-state index is 2.62. The van der Waals surface area contributed by atoms with Gasteiger partial charge in [-0.1, -0.05) is 24.3 Å². The monoisotopic (exact) mass is 377 g/mol. The Balaban J connectivity index is 1.70. The van der Waals surface area contributed by atoms with Gasteiger partial charge in [-0.3, -0.25) is 4.48 Å². The lowest BCUT2D eigenvalue weighted by atomic mass is 9.84. The molecule has 2 atom stereocenters. The van der Waals surface area contributed by atoms with Crippen molar-refractivity contribution in [3.8, 4) is 0 Å². The van der Waals surface area contributed by atoms with Crippen LogP contribution in [0.3, 0.4) is 0 Å². The van der Waals surface area contributed by atoms with Crippen molar-refractivity contribution in [1.82, 2.24) is 4.48 Å². The number of benzene rings is 2.